The lowest BCUT2D eigenvalue weighted by molar-refractivity contribution is -0.116. The minimum absolute atomic E-state index is 0.144. The maximum atomic E-state index is 11.5. The molecule has 2 aliphatic rings. The van der Waals surface area contributed by atoms with E-state index in [1.807, 2.05) is 0 Å². The third-order valence-electron chi connectivity index (χ3n) is 4.86. The van der Waals surface area contributed by atoms with E-state index in [1.54, 1.807) is 0 Å². The Labute approximate surface area is 127 Å². The molecule has 1 fully saturated rings. The van der Waals surface area contributed by atoms with E-state index in [4.69, 9.17) is 0 Å². The third kappa shape index (κ3) is 3.46. The molecule has 21 heavy (non-hydrogen) atoms. The molecule has 0 aromatic heterocycles. The lowest BCUT2D eigenvalue weighted by Gasteiger charge is -2.31. The van der Waals surface area contributed by atoms with E-state index < -0.39 is 0 Å². The lowest BCUT2D eigenvalue weighted by Crippen LogP contribution is -2.27. The molecule has 1 heterocycles. The zero-order valence-corrected chi connectivity index (χ0v) is 13.0. The summed E-state index contributed by atoms with van der Waals surface area (Å²) < 4.78 is 0. The van der Waals surface area contributed by atoms with Gasteiger partial charge in [0.25, 0.3) is 0 Å². The number of benzene rings is 1. The first-order valence-corrected chi connectivity index (χ1v) is 8.42. The van der Waals surface area contributed by atoms with Gasteiger partial charge in [-0.3, -0.25) is 4.79 Å². The topological polar surface area (TPSA) is 41.1 Å². The van der Waals surface area contributed by atoms with E-state index in [9.17, 15) is 4.79 Å². The average molecular weight is 286 g/mol. The van der Waals surface area contributed by atoms with Crippen LogP contribution in [0.1, 0.15) is 62.6 Å². The van der Waals surface area contributed by atoms with Crippen molar-refractivity contribution in [1.29, 1.82) is 0 Å². The molecule has 0 bridgehead atoms. The van der Waals surface area contributed by atoms with Crippen molar-refractivity contribution in [1.82, 2.24) is 5.32 Å². The van der Waals surface area contributed by atoms with E-state index in [0.717, 1.165) is 24.6 Å². The monoisotopic (exact) mass is 286 g/mol. The van der Waals surface area contributed by atoms with Gasteiger partial charge in [0.2, 0.25) is 5.91 Å². The highest BCUT2D eigenvalue weighted by atomic mass is 16.1. The summed E-state index contributed by atoms with van der Waals surface area (Å²) in [4.78, 5) is 11.5. The fraction of sp³-hybridized carbons (Fsp3) is 0.611. The van der Waals surface area contributed by atoms with Crippen LogP contribution in [0.2, 0.25) is 0 Å². The van der Waals surface area contributed by atoms with Crippen LogP contribution in [-0.2, 0) is 11.2 Å². The number of nitrogens with one attached hydrogen (secondary N) is 2. The first-order valence-electron chi connectivity index (χ1n) is 8.42. The summed E-state index contributed by atoms with van der Waals surface area (Å²) in [5.41, 5.74) is 3.70. The Morgan fingerprint density at radius 3 is 2.90 bits per heavy atom. The number of carbonyl (C=O) groups is 1. The molecular weight excluding hydrogens is 260 g/mol. The molecule has 0 spiro atoms. The fourth-order valence-electron chi connectivity index (χ4n) is 3.34. The van der Waals surface area contributed by atoms with Crippen molar-refractivity contribution in [3.05, 3.63) is 29.3 Å². The Hall–Kier alpha value is -1.35. The van der Waals surface area contributed by atoms with Crippen LogP contribution in [0.25, 0.3) is 0 Å². The summed E-state index contributed by atoms with van der Waals surface area (Å²) in [5.74, 6) is 1.04. The van der Waals surface area contributed by atoms with Crippen LogP contribution in [0.15, 0.2) is 18.2 Å². The summed E-state index contributed by atoms with van der Waals surface area (Å²) in [5, 5.41) is 6.69. The predicted molar refractivity (Wildman–Crippen MR) is 86.4 cm³/mol. The average Bonchev–Trinajstić information content (AvgIpc) is 2.45. The molecule has 1 amide bonds. The lowest BCUT2D eigenvalue weighted by atomic mass is 9.79. The molecule has 1 saturated carbocycles. The van der Waals surface area contributed by atoms with Crippen molar-refractivity contribution >= 4 is 11.6 Å². The molecule has 1 aromatic rings. The Bertz CT molecular complexity index is 508. The van der Waals surface area contributed by atoms with E-state index in [2.05, 4.69) is 35.8 Å². The van der Waals surface area contributed by atoms with Crippen LogP contribution >= 0.6 is 0 Å². The molecule has 3 rings (SSSR count). The summed E-state index contributed by atoms with van der Waals surface area (Å²) in [6.07, 6.45) is 8.11. The van der Waals surface area contributed by atoms with Gasteiger partial charge in [-0.25, -0.2) is 0 Å². The minimum atomic E-state index is 0.144. The molecule has 1 unspecified atom stereocenters. The van der Waals surface area contributed by atoms with Gasteiger partial charge in [0, 0.05) is 18.2 Å². The van der Waals surface area contributed by atoms with E-state index in [-0.39, 0.29) is 5.91 Å². The summed E-state index contributed by atoms with van der Waals surface area (Å²) in [7, 11) is 0. The van der Waals surface area contributed by atoms with Crippen molar-refractivity contribution < 1.29 is 4.79 Å². The Kier molecular flexibility index (Phi) is 4.59. The van der Waals surface area contributed by atoms with Gasteiger partial charge in [-0.1, -0.05) is 38.3 Å². The molecule has 114 valence electrons. The largest absolute Gasteiger partial charge is 0.326 e. The maximum absolute atomic E-state index is 11.5. The van der Waals surface area contributed by atoms with E-state index in [1.165, 1.54) is 43.2 Å². The second-order valence-corrected chi connectivity index (χ2v) is 6.50. The van der Waals surface area contributed by atoms with Gasteiger partial charge in [0.1, 0.15) is 0 Å². The SMILES string of the molecule is CCCNC(CC1CCC1)c1ccc2c(c1)CCC(=O)N2. The van der Waals surface area contributed by atoms with Crippen LogP contribution in [0, 0.1) is 5.92 Å². The molecule has 2 N–H and O–H groups in total. The van der Waals surface area contributed by atoms with Gasteiger partial charge >= 0.3 is 0 Å². The molecule has 3 heteroatoms. The molecular formula is C18H26N2O. The highest BCUT2D eigenvalue weighted by molar-refractivity contribution is 5.93. The number of aryl methyl sites for hydroxylation is 1. The molecule has 3 nitrogen and oxygen atoms in total. The number of rotatable bonds is 6. The second kappa shape index (κ2) is 6.61. The Morgan fingerprint density at radius 2 is 2.19 bits per heavy atom. The Balaban J connectivity index is 1.75. The van der Waals surface area contributed by atoms with Gasteiger partial charge in [-0.15, -0.1) is 0 Å². The quantitative estimate of drug-likeness (QED) is 0.835. The number of carbonyl (C=O) groups excluding carboxylic acids is 1. The number of hydrogen-bond acceptors (Lipinski definition) is 2. The molecule has 0 saturated heterocycles. The van der Waals surface area contributed by atoms with Gasteiger partial charge in [-0.2, -0.15) is 0 Å². The number of hydrogen-bond donors (Lipinski definition) is 2. The molecule has 1 aromatic carbocycles. The standard InChI is InChI=1S/C18H26N2O/c1-2-10-19-17(11-13-4-3-5-13)15-6-8-16-14(12-15)7-9-18(21)20-16/h6,8,12-13,17,19H,2-5,7,9-11H2,1H3,(H,20,21). The normalized spacial score (nSPS) is 19.6. The van der Waals surface area contributed by atoms with Crippen LogP contribution in [0.4, 0.5) is 5.69 Å². The van der Waals surface area contributed by atoms with Gasteiger partial charge < -0.3 is 10.6 Å². The molecule has 1 atom stereocenters. The highest BCUT2D eigenvalue weighted by Gasteiger charge is 2.24. The number of fused-ring (bicyclic) bond motifs is 1. The van der Waals surface area contributed by atoms with E-state index in [0.29, 0.717) is 12.5 Å². The highest BCUT2D eigenvalue weighted by Crippen LogP contribution is 2.36. The third-order valence-corrected chi connectivity index (χ3v) is 4.86. The predicted octanol–water partition coefficient (Wildman–Crippen LogP) is 3.80. The zero-order chi connectivity index (χ0) is 14.7. The van der Waals surface area contributed by atoms with Crippen LogP contribution in [0.5, 0.6) is 0 Å². The van der Waals surface area contributed by atoms with Crippen molar-refractivity contribution in [2.75, 3.05) is 11.9 Å². The van der Waals surface area contributed by atoms with Gasteiger partial charge in [0.05, 0.1) is 0 Å². The first kappa shape index (κ1) is 14.6. The smallest absolute Gasteiger partial charge is 0.224 e. The first-order chi connectivity index (χ1) is 10.3. The van der Waals surface area contributed by atoms with Crippen molar-refractivity contribution in [2.24, 2.45) is 5.92 Å². The molecule has 0 radical (unpaired) electrons. The summed E-state index contributed by atoms with van der Waals surface area (Å²) in [6.45, 7) is 3.29. The van der Waals surface area contributed by atoms with Crippen LogP contribution < -0.4 is 10.6 Å². The fourth-order valence-corrected chi connectivity index (χ4v) is 3.34. The van der Waals surface area contributed by atoms with Crippen molar-refractivity contribution in [2.45, 2.75) is 57.9 Å². The Morgan fingerprint density at radius 1 is 1.33 bits per heavy atom. The zero-order valence-electron chi connectivity index (χ0n) is 13.0. The summed E-state index contributed by atoms with van der Waals surface area (Å²) in [6, 6.07) is 7.05. The van der Waals surface area contributed by atoms with E-state index >= 15 is 0 Å². The van der Waals surface area contributed by atoms with Crippen LogP contribution in [0.3, 0.4) is 0 Å². The number of amides is 1. The molecule has 1 aliphatic carbocycles. The van der Waals surface area contributed by atoms with Crippen LogP contribution in [-0.4, -0.2) is 12.5 Å². The van der Waals surface area contributed by atoms with Crippen molar-refractivity contribution in [3.63, 3.8) is 0 Å². The van der Waals surface area contributed by atoms with Crippen molar-refractivity contribution in [3.8, 4) is 0 Å². The summed E-state index contributed by atoms with van der Waals surface area (Å²) >= 11 is 0. The maximum Gasteiger partial charge on any atom is 0.224 e. The number of anilines is 1. The van der Waals surface area contributed by atoms with Gasteiger partial charge in [-0.05, 0) is 48.9 Å². The second-order valence-electron chi connectivity index (χ2n) is 6.50. The molecule has 1 aliphatic heterocycles. The minimum Gasteiger partial charge on any atom is -0.326 e. The van der Waals surface area contributed by atoms with Gasteiger partial charge in [0.15, 0.2) is 0 Å².